The van der Waals surface area contributed by atoms with Gasteiger partial charge in [0, 0.05) is 24.9 Å². The van der Waals surface area contributed by atoms with Crippen LogP contribution in [0.4, 0.5) is 0 Å². The summed E-state index contributed by atoms with van der Waals surface area (Å²) in [5, 5.41) is 19.1. The van der Waals surface area contributed by atoms with Crippen LogP contribution in [0.3, 0.4) is 0 Å². The van der Waals surface area contributed by atoms with Crippen LogP contribution >= 0.6 is 15.9 Å². The monoisotopic (exact) mass is 342 g/mol. The van der Waals surface area contributed by atoms with Crippen LogP contribution in [-0.4, -0.2) is 38.4 Å². The Morgan fingerprint density at radius 3 is 2.70 bits per heavy atom. The lowest BCUT2D eigenvalue weighted by Gasteiger charge is -2.13. The predicted octanol–water partition coefficient (Wildman–Crippen LogP) is 2.15. The van der Waals surface area contributed by atoms with Gasteiger partial charge in [-0.25, -0.2) is 0 Å². The van der Waals surface area contributed by atoms with Crippen LogP contribution in [0.5, 0.6) is 0 Å². The molecule has 0 aliphatic rings. The second kappa shape index (κ2) is 6.51. The number of aliphatic hydroxyl groups is 1. The van der Waals surface area contributed by atoms with Gasteiger partial charge in [0.25, 0.3) is 0 Å². The van der Waals surface area contributed by atoms with Crippen LogP contribution < -0.4 is 0 Å². The Hall–Kier alpha value is -1.18. The third kappa shape index (κ3) is 3.11. The molecule has 0 amide bonds. The molecule has 7 heteroatoms. The van der Waals surface area contributed by atoms with Gasteiger partial charge in [-0.2, -0.15) is 10.2 Å². The van der Waals surface area contributed by atoms with Crippen LogP contribution in [0.25, 0.3) is 0 Å². The minimum atomic E-state index is -0.767. The molecule has 0 aliphatic heterocycles. The summed E-state index contributed by atoms with van der Waals surface area (Å²) in [6.45, 7) is 5.22. The molecular weight excluding hydrogens is 324 g/mol. The molecule has 0 fully saturated rings. The fourth-order valence-corrected chi connectivity index (χ4v) is 2.45. The molecule has 1 N–H and O–H groups in total. The smallest absolute Gasteiger partial charge is 0.125 e. The summed E-state index contributed by atoms with van der Waals surface area (Å²) >= 11 is 3.43. The van der Waals surface area contributed by atoms with E-state index in [0.717, 1.165) is 10.0 Å². The zero-order chi connectivity index (χ0) is 14.7. The third-order valence-corrected chi connectivity index (χ3v) is 3.68. The number of rotatable bonds is 6. The van der Waals surface area contributed by atoms with Gasteiger partial charge in [-0.15, -0.1) is 0 Å². The molecule has 20 heavy (non-hydrogen) atoms. The van der Waals surface area contributed by atoms with E-state index in [-0.39, 0.29) is 6.04 Å². The number of aromatic nitrogens is 4. The molecule has 2 aromatic rings. The molecule has 1 atom stereocenters. The average molecular weight is 343 g/mol. The maximum atomic E-state index is 10.6. The quantitative estimate of drug-likeness (QED) is 0.873. The van der Waals surface area contributed by atoms with Gasteiger partial charge in [0.05, 0.1) is 35.7 Å². The average Bonchev–Trinajstić information content (AvgIpc) is 3.02. The summed E-state index contributed by atoms with van der Waals surface area (Å²) in [5.41, 5.74) is 1.46. The van der Waals surface area contributed by atoms with Crippen molar-refractivity contribution < 1.29 is 9.84 Å². The summed E-state index contributed by atoms with van der Waals surface area (Å²) in [4.78, 5) is 0. The van der Waals surface area contributed by atoms with E-state index in [9.17, 15) is 5.11 Å². The highest BCUT2D eigenvalue weighted by molar-refractivity contribution is 9.10. The Kier molecular flexibility index (Phi) is 4.95. The van der Waals surface area contributed by atoms with Crippen molar-refractivity contribution in [2.75, 3.05) is 13.7 Å². The van der Waals surface area contributed by atoms with Crippen molar-refractivity contribution in [2.24, 2.45) is 0 Å². The fraction of sp³-hybridized carbons (Fsp3) is 0.538. The lowest BCUT2D eigenvalue weighted by molar-refractivity contribution is 0.171. The van der Waals surface area contributed by atoms with Crippen molar-refractivity contribution in [3.63, 3.8) is 0 Å². The van der Waals surface area contributed by atoms with Gasteiger partial charge in [-0.1, -0.05) is 0 Å². The lowest BCUT2D eigenvalue weighted by Crippen LogP contribution is -2.13. The van der Waals surface area contributed by atoms with Crippen molar-refractivity contribution in [1.29, 1.82) is 0 Å². The number of ether oxygens (including phenoxy) is 1. The number of hydrogen-bond acceptors (Lipinski definition) is 4. The molecule has 110 valence electrons. The number of methoxy groups -OCH3 is 1. The summed E-state index contributed by atoms with van der Waals surface area (Å²) in [6.07, 6.45) is 4.46. The first-order chi connectivity index (χ1) is 9.54. The van der Waals surface area contributed by atoms with Gasteiger partial charge < -0.3 is 9.84 Å². The molecule has 2 rings (SSSR count). The van der Waals surface area contributed by atoms with E-state index < -0.39 is 6.10 Å². The molecule has 0 radical (unpaired) electrons. The van der Waals surface area contributed by atoms with Crippen molar-refractivity contribution in [3.8, 4) is 0 Å². The maximum Gasteiger partial charge on any atom is 0.125 e. The van der Waals surface area contributed by atoms with E-state index in [0.29, 0.717) is 18.8 Å². The summed E-state index contributed by atoms with van der Waals surface area (Å²) in [5.74, 6) is 0. The molecule has 0 aromatic carbocycles. The van der Waals surface area contributed by atoms with Gasteiger partial charge in [0.2, 0.25) is 0 Å². The standard InChI is InChI=1S/C13H19BrN4O2/c1-9(2)18-8-10(6-15-18)13(19)12-11(14)7-16-17(12)4-5-20-3/h6-9,13,19H,4-5H2,1-3H3. The zero-order valence-corrected chi connectivity index (χ0v) is 13.4. The summed E-state index contributed by atoms with van der Waals surface area (Å²) in [7, 11) is 1.64. The molecular formula is C13H19BrN4O2. The van der Waals surface area contributed by atoms with Crippen molar-refractivity contribution >= 4 is 15.9 Å². The molecule has 2 heterocycles. The number of hydrogen-bond donors (Lipinski definition) is 1. The van der Waals surface area contributed by atoms with Crippen molar-refractivity contribution in [2.45, 2.75) is 32.5 Å². The summed E-state index contributed by atoms with van der Waals surface area (Å²) in [6, 6.07) is 0.262. The fourth-order valence-electron chi connectivity index (χ4n) is 1.93. The molecule has 2 aromatic heterocycles. The normalized spacial score (nSPS) is 13.1. The second-order valence-electron chi connectivity index (χ2n) is 4.84. The van der Waals surface area contributed by atoms with Crippen molar-refractivity contribution in [1.82, 2.24) is 19.6 Å². The third-order valence-electron chi connectivity index (χ3n) is 3.07. The maximum absolute atomic E-state index is 10.6. The van der Waals surface area contributed by atoms with E-state index in [1.807, 2.05) is 24.7 Å². The number of halogens is 1. The molecule has 0 aliphatic carbocycles. The molecule has 0 saturated heterocycles. The van der Waals surface area contributed by atoms with E-state index >= 15 is 0 Å². The minimum absolute atomic E-state index is 0.262. The Morgan fingerprint density at radius 2 is 2.10 bits per heavy atom. The molecule has 0 saturated carbocycles. The molecule has 0 spiro atoms. The Labute approximate surface area is 126 Å². The topological polar surface area (TPSA) is 65.1 Å². The van der Waals surface area contributed by atoms with E-state index in [1.54, 1.807) is 24.2 Å². The van der Waals surface area contributed by atoms with Crippen LogP contribution in [0.2, 0.25) is 0 Å². The highest BCUT2D eigenvalue weighted by Crippen LogP contribution is 2.28. The van der Waals surface area contributed by atoms with Crippen LogP contribution in [-0.2, 0) is 11.3 Å². The van der Waals surface area contributed by atoms with E-state index in [2.05, 4.69) is 26.1 Å². The predicted molar refractivity (Wildman–Crippen MR) is 78.5 cm³/mol. The Morgan fingerprint density at radius 1 is 1.35 bits per heavy atom. The van der Waals surface area contributed by atoms with Gasteiger partial charge >= 0.3 is 0 Å². The lowest BCUT2D eigenvalue weighted by atomic mass is 10.1. The minimum Gasteiger partial charge on any atom is -0.383 e. The van der Waals surface area contributed by atoms with Crippen LogP contribution in [0, 0.1) is 0 Å². The first kappa shape index (κ1) is 15.2. The Bertz CT molecular complexity index is 564. The van der Waals surface area contributed by atoms with Crippen LogP contribution in [0.15, 0.2) is 23.1 Å². The highest BCUT2D eigenvalue weighted by atomic mass is 79.9. The molecule has 0 bridgehead atoms. The van der Waals surface area contributed by atoms with Crippen LogP contribution in [0.1, 0.15) is 37.3 Å². The number of aliphatic hydroxyl groups excluding tert-OH is 1. The van der Waals surface area contributed by atoms with Gasteiger partial charge in [-0.3, -0.25) is 9.36 Å². The summed E-state index contributed by atoms with van der Waals surface area (Å²) < 4.78 is 9.40. The first-order valence-electron chi connectivity index (χ1n) is 6.46. The largest absolute Gasteiger partial charge is 0.383 e. The Balaban J connectivity index is 2.27. The van der Waals surface area contributed by atoms with Gasteiger partial charge in [0.1, 0.15) is 6.10 Å². The first-order valence-corrected chi connectivity index (χ1v) is 7.26. The zero-order valence-electron chi connectivity index (χ0n) is 11.8. The highest BCUT2D eigenvalue weighted by Gasteiger charge is 2.21. The second-order valence-corrected chi connectivity index (χ2v) is 5.70. The SMILES string of the molecule is COCCn1ncc(Br)c1C(O)c1cnn(C(C)C)c1. The van der Waals surface area contributed by atoms with E-state index in [4.69, 9.17) is 4.74 Å². The van der Waals surface area contributed by atoms with E-state index in [1.165, 1.54) is 0 Å². The number of nitrogens with zero attached hydrogens (tertiary/aromatic N) is 4. The molecule has 6 nitrogen and oxygen atoms in total. The molecule has 1 unspecified atom stereocenters. The van der Waals surface area contributed by atoms with Crippen molar-refractivity contribution in [3.05, 3.63) is 34.3 Å². The van der Waals surface area contributed by atoms with Gasteiger partial charge in [-0.05, 0) is 29.8 Å². The van der Waals surface area contributed by atoms with Gasteiger partial charge in [0.15, 0.2) is 0 Å².